The summed E-state index contributed by atoms with van der Waals surface area (Å²) in [4.78, 5) is 0. The van der Waals surface area contributed by atoms with Crippen molar-refractivity contribution in [1.29, 1.82) is 0 Å². The highest BCUT2D eigenvalue weighted by Gasteiger charge is 2.10. The van der Waals surface area contributed by atoms with E-state index >= 15 is 0 Å². The third-order valence-electron chi connectivity index (χ3n) is 3.32. The minimum Gasteiger partial charge on any atom is -0.356 e. The molecule has 0 amide bonds. The number of anilines is 1. The zero-order chi connectivity index (χ0) is 15.4. The number of benzene rings is 2. The SMILES string of the molecule is Cc1ccc([C@@H](C)NC(=S)Nc2cccc(F)c2)c(C)c1. The predicted molar refractivity (Wildman–Crippen MR) is 90.1 cm³/mol. The molecule has 0 bridgehead atoms. The molecule has 0 fully saturated rings. The van der Waals surface area contributed by atoms with Gasteiger partial charge in [-0.05, 0) is 62.3 Å². The minimum absolute atomic E-state index is 0.0826. The Labute approximate surface area is 130 Å². The summed E-state index contributed by atoms with van der Waals surface area (Å²) in [5.74, 6) is -0.287. The molecule has 0 radical (unpaired) electrons. The molecule has 110 valence electrons. The van der Waals surface area contributed by atoms with Crippen molar-refractivity contribution < 1.29 is 4.39 Å². The van der Waals surface area contributed by atoms with E-state index in [1.54, 1.807) is 12.1 Å². The maximum atomic E-state index is 13.1. The molecule has 21 heavy (non-hydrogen) atoms. The van der Waals surface area contributed by atoms with Gasteiger partial charge in [-0.25, -0.2) is 4.39 Å². The largest absolute Gasteiger partial charge is 0.356 e. The van der Waals surface area contributed by atoms with Crippen molar-refractivity contribution in [2.24, 2.45) is 0 Å². The van der Waals surface area contributed by atoms with Crippen molar-refractivity contribution in [2.45, 2.75) is 26.8 Å². The van der Waals surface area contributed by atoms with Crippen LogP contribution in [0.15, 0.2) is 42.5 Å². The molecule has 0 aliphatic heterocycles. The monoisotopic (exact) mass is 302 g/mol. The summed E-state index contributed by atoms with van der Waals surface area (Å²) in [6.45, 7) is 6.21. The van der Waals surface area contributed by atoms with Crippen molar-refractivity contribution in [3.63, 3.8) is 0 Å². The van der Waals surface area contributed by atoms with E-state index in [0.29, 0.717) is 10.8 Å². The standard InChI is InChI=1S/C17H19FN2S/c1-11-7-8-16(12(2)9-11)13(3)19-17(21)20-15-6-4-5-14(18)10-15/h4-10,13H,1-3H3,(H2,19,20,21)/t13-/m1/s1. The summed E-state index contributed by atoms with van der Waals surface area (Å²) < 4.78 is 13.1. The van der Waals surface area contributed by atoms with Gasteiger partial charge in [-0.3, -0.25) is 0 Å². The highest BCUT2D eigenvalue weighted by atomic mass is 32.1. The summed E-state index contributed by atoms with van der Waals surface area (Å²) in [5.41, 5.74) is 4.30. The molecule has 0 aliphatic carbocycles. The van der Waals surface area contributed by atoms with E-state index in [-0.39, 0.29) is 11.9 Å². The van der Waals surface area contributed by atoms with Gasteiger partial charge in [0, 0.05) is 5.69 Å². The van der Waals surface area contributed by atoms with Gasteiger partial charge in [0.2, 0.25) is 0 Å². The zero-order valence-electron chi connectivity index (χ0n) is 12.4. The molecule has 1 atom stereocenters. The Morgan fingerprint density at radius 1 is 1.14 bits per heavy atom. The van der Waals surface area contributed by atoms with E-state index in [0.717, 1.165) is 0 Å². The van der Waals surface area contributed by atoms with Crippen molar-refractivity contribution in [3.8, 4) is 0 Å². The number of hydrogen-bond donors (Lipinski definition) is 2. The maximum Gasteiger partial charge on any atom is 0.171 e. The third-order valence-corrected chi connectivity index (χ3v) is 3.54. The fourth-order valence-corrected chi connectivity index (χ4v) is 2.61. The number of rotatable bonds is 3. The molecule has 0 spiro atoms. The second-order valence-electron chi connectivity index (χ2n) is 5.19. The van der Waals surface area contributed by atoms with Gasteiger partial charge < -0.3 is 10.6 Å². The molecule has 4 heteroatoms. The molecule has 2 aromatic carbocycles. The molecule has 0 saturated carbocycles. The summed E-state index contributed by atoms with van der Waals surface area (Å²) >= 11 is 5.28. The van der Waals surface area contributed by atoms with E-state index in [2.05, 4.69) is 49.6 Å². The first kappa shape index (κ1) is 15.4. The molecule has 0 heterocycles. The van der Waals surface area contributed by atoms with Crippen LogP contribution in [0.25, 0.3) is 0 Å². The lowest BCUT2D eigenvalue weighted by Crippen LogP contribution is -2.31. The van der Waals surface area contributed by atoms with Crippen LogP contribution in [-0.4, -0.2) is 5.11 Å². The van der Waals surface area contributed by atoms with Gasteiger partial charge in [-0.1, -0.05) is 29.8 Å². The Morgan fingerprint density at radius 2 is 1.90 bits per heavy atom. The van der Waals surface area contributed by atoms with Gasteiger partial charge in [0.05, 0.1) is 6.04 Å². The van der Waals surface area contributed by atoms with Crippen LogP contribution < -0.4 is 10.6 Å². The van der Waals surface area contributed by atoms with E-state index in [9.17, 15) is 4.39 Å². The minimum atomic E-state index is -0.287. The fraction of sp³-hybridized carbons (Fsp3) is 0.235. The highest BCUT2D eigenvalue weighted by molar-refractivity contribution is 7.80. The maximum absolute atomic E-state index is 13.1. The predicted octanol–water partition coefficient (Wildman–Crippen LogP) is 4.49. The molecule has 2 rings (SSSR count). The van der Waals surface area contributed by atoms with Gasteiger partial charge in [-0.2, -0.15) is 0 Å². The molecule has 0 aromatic heterocycles. The molecular formula is C17H19FN2S. The first-order chi connectivity index (χ1) is 9.95. The van der Waals surface area contributed by atoms with Crippen LogP contribution in [0.1, 0.15) is 29.7 Å². The van der Waals surface area contributed by atoms with Crippen molar-refractivity contribution in [1.82, 2.24) is 5.32 Å². The Bertz CT molecular complexity index is 655. The van der Waals surface area contributed by atoms with Crippen molar-refractivity contribution >= 4 is 23.0 Å². The van der Waals surface area contributed by atoms with Crippen LogP contribution in [0, 0.1) is 19.7 Å². The normalized spacial score (nSPS) is 11.8. The highest BCUT2D eigenvalue weighted by Crippen LogP contribution is 2.19. The number of nitrogens with one attached hydrogen (secondary N) is 2. The van der Waals surface area contributed by atoms with Gasteiger partial charge in [0.15, 0.2) is 5.11 Å². The lowest BCUT2D eigenvalue weighted by atomic mass is 10.0. The van der Waals surface area contributed by atoms with E-state index in [4.69, 9.17) is 12.2 Å². The molecule has 2 N–H and O–H groups in total. The average molecular weight is 302 g/mol. The number of hydrogen-bond acceptors (Lipinski definition) is 1. The van der Waals surface area contributed by atoms with Gasteiger partial charge in [0.25, 0.3) is 0 Å². The number of halogens is 1. The Hall–Kier alpha value is -1.94. The first-order valence-corrected chi connectivity index (χ1v) is 7.27. The van der Waals surface area contributed by atoms with Crippen LogP contribution in [0.2, 0.25) is 0 Å². The summed E-state index contributed by atoms with van der Waals surface area (Å²) in [6, 6.07) is 12.7. The summed E-state index contributed by atoms with van der Waals surface area (Å²) in [5, 5.41) is 6.70. The lowest BCUT2D eigenvalue weighted by molar-refractivity contribution is 0.628. The Kier molecular flexibility index (Phi) is 4.91. The van der Waals surface area contributed by atoms with Crippen molar-refractivity contribution in [3.05, 3.63) is 65.0 Å². The van der Waals surface area contributed by atoms with E-state index < -0.39 is 0 Å². The molecule has 0 saturated heterocycles. The van der Waals surface area contributed by atoms with Gasteiger partial charge in [0.1, 0.15) is 5.82 Å². The van der Waals surface area contributed by atoms with Crippen LogP contribution in [0.4, 0.5) is 10.1 Å². The fourth-order valence-electron chi connectivity index (χ4n) is 2.32. The molecule has 0 unspecified atom stereocenters. The van der Waals surface area contributed by atoms with Crippen LogP contribution >= 0.6 is 12.2 Å². The third kappa shape index (κ3) is 4.26. The lowest BCUT2D eigenvalue weighted by Gasteiger charge is -2.19. The second kappa shape index (κ2) is 6.68. The quantitative estimate of drug-likeness (QED) is 0.817. The Morgan fingerprint density at radius 3 is 2.57 bits per heavy atom. The van der Waals surface area contributed by atoms with Crippen LogP contribution in [0.3, 0.4) is 0 Å². The van der Waals surface area contributed by atoms with Crippen LogP contribution in [0.5, 0.6) is 0 Å². The topological polar surface area (TPSA) is 24.1 Å². The number of thiocarbonyl (C=S) groups is 1. The second-order valence-corrected chi connectivity index (χ2v) is 5.60. The molecular weight excluding hydrogens is 283 g/mol. The zero-order valence-corrected chi connectivity index (χ0v) is 13.2. The van der Waals surface area contributed by atoms with Crippen LogP contribution in [-0.2, 0) is 0 Å². The molecule has 2 aromatic rings. The van der Waals surface area contributed by atoms with Gasteiger partial charge >= 0.3 is 0 Å². The van der Waals surface area contributed by atoms with Gasteiger partial charge in [-0.15, -0.1) is 0 Å². The smallest absolute Gasteiger partial charge is 0.171 e. The van der Waals surface area contributed by atoms with E-state index in [1.165, 1.54) is 28.8 Å². The molecule has 0 aliphatic rings. The Balaban J connectivity index is 2.02. The summed E-state index contributed by atoms with van der Waals surface area (Å²) in [6.07, 6.45) is 0. The summed E-state index contributed by atoms with van der Waals surface area (Å²) in [7, 11) is 0. The first-order valence-electron chi connectivity index (χ1n) is 6.86. The number of aryl methyl sites for hydroxylation is 2. The van der Waals surface area contributed by atoms with E-state index in [1.807, 2.05) is 0 Å². The molecule has 2 nitrogen and oxygen atoms in total. The average Bonchev–Trinajstić information content (AvgIpc) is 2.38. The van der Waals surface area contributed by atoms with Crippen molar-refractivity contribution in [2.75, 3.05) is 5.32 Å².